The van der Waals surface area contributed by atoms with Gasteiger partial charge in [0.1, 0.15) is 16.7 Å². The molecular formula is C25H23Cl2N3O2S. The zero-order chi connectivity index (χ0) is 24.1. The minimum absolute atomic E-state index is 0.122. The van der Waals surface area contributed by atoms with Crippen molar-refractivity contribution in [3.63, 3.8) is 0 Å². The van der Waals surface area contributed by atoms with Crippen molar-refractivity contribution in [2.24, 2.45) is 0 Å². The highest BCUT2D eigenvalue weighted by atomic mass is 35.5. The molecule has 5 nitrogen and oxygen atoms in total. The third-order valence-electron chi connectivity index (χ3n) is 5.17. The molecule has 0 radical (unpaired) electrons. The van der Waals surface area contributed by atoms with Gasteiger partial charge in [-0.2, -0.15) is 5.26 Å². The maximum absolute atomic E-state index is 13.5. The molecule has 1 aliphatic rings. The highest BCUT2D eigenvalue weighted by molar-refractivity contribution is 8.05. The lowest BCUT2D eigenvalue weighted by molar-refractivity contribution is -0.117. The van der Waals surface area contributed by atoms with Gasteiger partial charge in [-0.05, 0) is 41.7 Å². The summed E-state index contributed by atoms with van der Waals surface area (Å²) in [6.45, 7) is 7.95. The number of nitrogens with zero attached hydrogens (tertiary/aromatic N) is 2. The van der Waals surface area contributed by atoms with Gasteiger partial charge in [0.05, 0.1) is 15.3 Å². The van der Waals surface area contributed by atoms with Crippen LogP contribution in [0.1, 0.15) is 30.9 Å². The molecule has 1 unspecified atom stereocenters. The Bertz CT molecular complexity index is 1150. The second kappa shape index (κ2) is 10.9. The normalized spacial score (nSPS) is 17.2. The quantitative estimate of drug-likeness (QED) is 0.294. The number of thioether (sulfide) groups is 1. The van der Waals surface area contributed by atoms with E-state index in [2.05, 4.69) is 25.7 Å². The molecule has 170 valence electrons. The van der Waals surface area contributed by atoms with Gasteiger partial charge in [-0.3, -0.25) is 14.5 Å². The summed E-state index contributed by atoms with van der Waals surface area (Å²) in [7, 11) is 0. The Kier molecular flexibility index (Phi) is 8.25. The summed E-state index contributed by atoms with van der Waals surface area (Å²) in [6, 6.07) is 14.8. The van der Waals surface area contributed by atoms with E-state index in [1.54, 1.807) is 12.1 Å². The average molecular weight is 500 g/mol. The number of carbonyl (C=O) groups excluding carboxylic acids is 2. The van der Waals surface area contributed by atoms with Crippen molar-refractivity contribution in [1.29, 1.82) is 5.26 Å². The van der Waals surface area contributed by atoms with Crippen molar-refractivity contribution >= 4 is 52.5 Å². The number of hydrogen-bond acceptors (Lipinski definition) is 4. The summed E-state index contributed by atoms with van der Waals surface area (Å²) >= 11 is 13.7. The monoisotopic (exact) mass is 499 g/mol. The summed E-state index contributed by atoms with van der Waals surface area (Å²) in [5.41, 5.74) is 2.31. The van der Waals surface area contributed by atoms with Gasteiger partial charge in [0.15, 0.2) is 0 Å². The van der Waals surface area contributed by atoms with Crippen LogP contribution in [0.25, 0.3) is 0 Å². The van der Waals surface area contributed by atoms with E-state index in [9.17, 15) is 14.9 Å². The SMILES string of the molecule is C=CCNC(=O)/C(C#N)=C1\SC(Cc2cccc(Cl)c2Cl)C(=O)N1c1ccc(C(C)C)cc1. The van der Waals surface area contributed by atoms with Gasteiger partial charge >= 0.3 is 0 Å². The molecule has 1 atom stereocenters. The maximum Gasteiger partial charge on any atom is 0.264 e. The topological polar surface area (TPSA) is 73.2 Å². The zero-order valence-electron chi connectivity index (χ0n) is 18.3. The fourth-order valence-electron chi connectivity index (χ4n) is 3.39. The largest absolute Gasteiger partial charge is 0.348 e. The van der Waals surface area contributed by atoms with Gasteiger partial charge < -0.3 is 5.32 Å². The predicted octanol–water partition coefficient (Wildman–Crippen LogP) is 5.85. The number of hydrogen-bond donors (Lipinski definition) is 1. The summed E-state index contributed by atoms with van der Waals surface area (Å²) in [5.74, 6) is -0.458. The van der Waals surface area contributed by atoms with Gasteiger partial charge in [0, 0.05) is 12.2 Å². The smallest absolute Gasteiger partial charge is 0.264 e. The predicted molar refractivity (Wildman–Crippen MR) is 135 cm³/mol. The standard InChI is InChI=1S/C25H23Cl2N3O2S/c1-4-12-29-23(31)19(14-28)25-30(18-10-8-16(9-11-18)15(2)3)24(32)21(33-25)13-17-6-5-7-20(26)22(17)27/h4-11,15,21H,1,12-13H2,2-3H3,(H,29,31)/b25-19-. The minimum atomic E-state index is -0.573. The van der Waals surface area contributed by atoms with E-state index < -0.39 is 11.2 Å². The molecule has 1 fully saturated rings. The lowest BCUT2D eigenvalue weighted by Gasteiger charge is -2.19. The molecule has 1 heterocycles. The van der Waals surface area contributed by atoms with Crippen LogP contribution >= 0.6 is 35.0 Å². The molecule has 2 aromatic rings. The second-order valence-corrected chi connectivity index (χ2v) is 9.71. The van der Waals surface area contributed by atoms with E-state index in [1.165, 1.54) is 22.7 Å². The van der Waals surface area contributed by atoms with Crippen molar-refractivity contribution in [3.05, 3.63) is 86.9 Å². The Morgan fingerprint density at radius 2 is 1.97 bits per heavy atom. The summed E-state index contributed by atoms with van der Waals surface area (Å²) in [5, 5.41) is 12.9. The molecule has 0 spiro atoms. The molecule has 0 bridgehead atoms. The lowest BCUT2D eigenvalue weighted by Crippen LogP contribution is -2.32. The van der Waals surface area contributed by atoms with Crippen LogP contribution < -0.4 is 10.2 Å². The number of nitriles is 1. The van der Waals surface area contributed by atoms with Crippen LogP contribution in [0.2, 0.25) is 10.0 Å². The van der Waals surface area contributed by atoms with Crippen molar-refractivity contribution in [1.82, 2.24) is 5.32 Å². The zero-order valence-corrected chi connectivity index (χ0v) is 20.6. The Morgan fingerprint density at radius 1 is 1.27 bits per heavy atom. The molecule has 8 heteroatoms. The van der Waals surface area contributed by atoms with Crippen LogP contribution in [0, 0.1) is 11.3 Å². The first-order chi connectivity index (χ1) is 15.8. The molecular weight excluding hydrogens is 477 g/mol. The molecule has 0 aromatic heterocycles. The lowest BCUT2D eigenvalue weighted by atomic mass is 10.0. The van der Waals surface area contributed by atoms with Crippen molar-refractivity contribution in [2.75, 3.05) is 11.4 Å². The Hall–Kier alpha value is -2.72. The number of carbonyl (C=O) groups is 2. The minimum Gasteiger partial charge on any atom is -0.348 e. The van der Waals surface area contributed by atoms with E-state index in [1.807, 2.05) is 36.4 Å². The summed E-state index contributed by atoms with van der Waals surface area (Å²) in [4.78, 5) is 27.7. The fraction of sp³-hybridized carbons (Fsp3) is 0.240. The van der Waals surface area contributed by atoms with Crippen LogP contribution in [-0.2, 0) is 16.0 Å². The Labute approximate surface area is 208 Å². The maximum atomic E-state index is 13.5. The van der Waals surface area contributed by atoms with Gasteiger partial charge in [0.2, 0.25) is 5.91 Å². The molecule has 1 N–H and O–H groups in total. The fourth-order valence-corrected chi connectivity index (χ4v) is 5.08. The van der Waals surface area contributed by atoms with Crippen molar-refractivity contribution in [2.45, 2.75) is 31.4 Å². The third kappa shape index (κ3) is 5.44. The van der Waals surface area contributed by atoms with Crippen molar-refractivity contribution < 1.29 is 9.59 Å². The van der Waals surface area contributed by atoms with E-state index in [-0.39, 0.29) is 18.0 Å². The van der Waals surface area contributed by atoms with Crippen LogP contribution in [0.3, 0.4) is 0 Å². The van der Waals surface area contributed by atoms with Crippen molar-refractivity contribution in [3.8, 4) is 6.07 Å². The highest BCUT2D eigenvalue weighted by Gasteiger charge is 2.41. The van der Waals surface area contributed by atoms with Crippen LogP contribution in [0.5, 0.6) is 0 Å². The molecule has 33 heavy (non-hydrogen) atoms. The van der Waals surface area contributed by atoms with Crippen LogP contribution in [0.4, 0.5) is 5.69 Å². The van der Waals surface area contributed by atoms with Crippen LogP contribution in [0.15, 0.2) is 65.7 Å². The number of nitrogens with one attached hydrogen (secondary N) is 1. The van der Waals surface area contributed by atoms with Gasteiger partial charge in [-0.25, -0.2) is 0 Å². The molecule has 1 saturated heterocycles. The highest BCUT2D eigenvalue weighted by Crippen LogP contribution is 2.43. The first-order valence-corrected chi connectivity index (χ1v) is 12.0. The number of benzene rings is 2. The van der Waals surface area contributed by atoms with Gasteiger partial charge in [-0.15, -0.1) is 6.58 Å². The third-order valence-corrected chi connectivity index (χ3v) is 7.29. The van der Waals surface area contributed by atoms with E-state index >= 15 is 0 Å². The number of rotatable bonds is 7. The number of halogens is 2. The Morgan fingerprint density at radius 3 is 2.58 bits per heavy atom. The number of anilines is 1. The molecule has 0 aliphatic carbocycles. The average Bonchev–Trinajstić information content (AvgIpc) is 3.11. The van der Waals surface area contributed by atoms with Gasteiger partial charge in [-0.1, -0.05) is 79.2 Å². The molecule has 0 saturated carbocycles. The van der Waals surface area contributed by atoms with Crippen LogP contribution in [-0.4, -0.2) is 23.6 Å². The molecule has 3 rings (SSSR count). The first kappa shape index (κ1) is 24.9. The first-order valence-electron chi connectivity index (χ1n) is 10.3. The van der Waals surface area contributed by atoms with E-state index in [0.717, 1.165) is 11.1 Å². The van der Waals surface area contributed by atoms with E-state index in [0.29, 0.717) is 33.1 Å². The second-order valence-electron chi connectivity index (χ2n) is 7.73. The summed E-state index contributed by atoms with van der Waals surface area (Å²) < 4.78 is 0. The Balaban J connectivity index is 2.05. The van der Waals surface area contributed by atoms with E-state index in [4.69, 9.17) is 23.2 Å². The molecule has 2 amide bonds. The molecule has 1 aliphatic heterocycles. The van der Waals surface area contributed by atoms with Gasteiger partial charge in [0.25, 0.3) is 5.91 Å². The summed E-state index contributed by atoms with van der Waals surface area (Å²) in [6.07, 6.45) is 1.83. The number of amides is 2. The molecule has 2 aromatic carbocycles.